The van der Waals surface area contributed by atoms with E-state index in [2.05, 4.69) is 10.3 Å². The van der Waals surface area contributed by atoms with Crippen LogP contribution in [0.25, 0.3) is 11.0 Å². The van der Waals surface area contributed by atoms with Crippen LogP contribution >= 0.6 is 0 Å². The molecule has 1 N–H and O–H groups in total. The molecule has 2 aromatic carbocycles. The second kappa shape index (κ2) is 8.49. The lowest BCUT2D eigenvalue weighted by atomic mass is 10.2. The van der Waals surface area contributed by atoms with Crippen LogP contribution in [0.3, 0.4) is 0 Å². The maximum atomic E-state index is 13.0. The number of hydrogen-bond acceptors (Lipinski definition) is 3. The molecule has 6 nitrogen and oxygen atoms in total. The summed E-state index contributed by atoms with van der Waals surface area (Å²) in [6.45, 7) is 4.81. The van der Waals surface area contributed by atoms with Gasteiger partial charge in [-0.25, -0.2) is 4.98 Å². The highest BCUT2D eigenvalue weighted by molar-refractivity contribution is 5.94. The minimum atomic E-state index is -0.0422. The van der Waals surface area contributed by atoms with E-state index >= 15 is 0 Å². The summed E-state index contributed by atoms with van der Waals surface area (Å²) < 4.78 is 1.89. The van der Waals surface area contributed by atoms with Crippen molar-refractivity contribution in [3.05, 3.63) is 60.4 Å². The van der Waals surface area contributed by atoms with Gasteiger partial charge in [-0.3, -0.25) is 9.59 Å². The smallest absolute Gasteiger partial charge is 0.246 e. The van der Waals surface area contributed by atoms with E-state index in [9.17, 15) is 9.59 Å². The molecule has 0 bridgehead atoms. The van der Waals surface area contributed by atoms with Crippen molar-refractivity contribution >= 4 is 28.5 Å². The average molecular weight is 364 g/mol. The van der Waals surface area contributed by atoms with Gasteiger partial charge in [0.2, 0.25) is 11.8 Å². The maximum Gasteiger partial charge on any atom is 0.246 e. The van der Waals surface area contributed by atoms with E-state index in [1.165, 1.54) is 0 Å². The van der Waals surface area contributed by atoms with E-state index in [1.807, 2.05) is 66.1 Å². The topological polar surface area (TPSA) is 67.2 Å². The van der Waals surface area contributed by atoms with E-state index in [0.717, 1.165) is 16.7 Å². The molecule has 27 heavy (non-hydrogen) atoms. The molecule has 0 aliphatic heterocycles. The maximum absolute atomic E-state index is 13.0. The molecule has 3 rings (SSSR count). The molecule has 1 aromatic heterocycles. The quantitative estimate of drug-likeness (QED) is 0.700. The Balaban J connectivity index is 1.90. The minimum Gasteiger partial charge on any atom is -0.349 e. The van der Waals surface area contributed by atoms with Gasteiger partial charge in [-0.2, -0.15) is 0 Å². The van der Waals surface area contributed by atoms with Gasteiger partial charge in [0.1, 0.15) is 12.4 Å². The van der Waals surface area contributed by atoms with Gasteiger partial charge in [-0.05, 0) is 31.2 Å². The molecule has 0 spiro atoms. The molecule has 1 heterocycles. The van der Waals surface area contributed by atoms with Gasteiger partial charge < -0.3 is 14.8 Å². The highest BCUT2D eigenvalue weighted by Crippen LogP contribution is 2.18. The van der Waals surface area contributed by atoms with Crippen LogP contribution < -0.4 is 10.2 Å². The fourth-order valence-corrected chi connectivity index (χ4v) is 3.07. The number of imidazole rings is 1. The Morgan fingerprint density at radius 2 is 1.74 bits per heavy atom. The highest BCUT2D eigenvalue weighted by atomic mass is 16.2. The summed E-state index contributed by atoms with van der Waals surface area (Å²) in [5.74, 6) is 0.616. The fraction of sp³-hybridized carbons (Fsp3) is 0.286. The summed E-state index contributed by atoms with van der Waals surface area (Å²) in [4.78, 5) is 31.0. The van der Waals surface area contributed by atoms with E-state index in [4.69, 9.17) is 0 Å². The van der Waals surface area contributed by atoms with E-state index in [-0.39, 0.29) is 18.4 Å². The summed E-state index contributed by atoms with van der Waals surface area (Å²) in [6, 6.07) is 17.3. The third kappa shape index (κ3) is 4.16. The number of anilines is 1. The van der Waals surface area contributed by atoms with Gasteiger partial charge in [0.25, 0.3) is 0 Å². The Morgan fingerprint density at radius 1 is 1.04 bits per heavy atom. The van der Waals surface area contributed by atoms with Crippen LogP contribution in [0.5, 0.6) is 0 Å². The van der Waals surface area contributed by atoms with Crippen molar-refractivity contribution in [2.45, 2.75) is 33.4 Å². The van der Waals surface area contributed by atoms with Gasteiger partial charge in [0.05, 0.1) is 17.6 Å². The normalized spacial score (nSPS) is 10.7. The minimum absolute atomic E-state index is 0.0186. The number of carbonyl (C=O) groups excluding carboxylic acids is 2. The summed E-state index contributed by atoms with van der Waals surface area (Å²) in [7, 11) is 0. The molecule has 0 unspecified atom stereocenters. The number of aromatic nitrogens is 2. The summed E-state index contributed by atoms with van der Waals surface area (Å²) in [5.41, 5.74) is 2.57. The average Bonchev–Trinajstić information content (AvgIpc) is 3.05. The number of likely N-dealkylation sites (N-methyl/N-ethyl adjacent to an activating group) is 1. The zero-order valence-electron chi connectivity index (χ0n) is 15.7. The van der Waals surface area contributed by atoms with Crippen molar-refractivity contribution in [2.75, 3.05) is 11.4 Å². The molecule has 3 aromatic rings. The van der Waals surface area contributed by atoms with E-state index < -0.39 is 0 Å². The molecule has 2 amide bonds. The lowest BCUT2D eigenvalue weighted by Gasteiger charge is -2.22. The van der Waals surface area contributed by atoms with Gasteiger partial charge >= 0.3 is 0 Å². The number of fused-ring (bicyclic) bond motifs is 1. The van der Waals surface area contributed by atoms with Crippen LogP contribution in [0.1, 0.15) is 26.1 Å². The lowest BCUT2D eigenvalue weighted by Crippen LogP contribution is -2.34. The predicted octanol–water partition coefficient (Wildman–Crippen LogP) is 3.12. The monoisotopic (exact) mass is 364 g/mol. The van der Waals surface area contributed by atoms with Crippen molar-refractivity contribution in [3.8, 4) is 0 Å². The van der Waals surface area contributed by atoms with Crippen molar-refractivity contribution in [3.63, 3.8) is 0 Å². The van der Waals surface area contributed by atoms with Crippen molar-refractivity contribution in [1.29, 1.82) is 0 Å². The van der Waals surface area contributed by atoms with Crippen LogP contribution in [-0.4, -0.2) is 27.9 Å². The van der Waals surface area contributed by atoms with Gasteiger partial charge in [0.15, 0.2) is 0 Å². The van der Waals surface area contributed by atoms with Gasteiger partial charge in [-0.1, -0.05) is 37.3 Å². The SMILES string of the molecule is CCC(=O)NCc1nc2ccccc2n1CC(=O)N(CC)c1ccccc1. The Bertz CT molecular complexity index is 934. The van der Waals surface area contributed by atoms with Crippen molar-refractivity contribution in [1.82, 2.24) is 14.9 Å². The molecule has 0 saturated carbocycles. The standard InChI is InChI=1S/C21H24N4O2/c1-3-20(26)22-14-19-23-17-12-8-9-13-18(17)25(19)15-21(27)24(4-2)16-10-6-5-7-11-16/h5-13H,3-4,14-15H2,1-2H3,(H,22,26). The Hall–Kier alpha value is -3.15. The molecule has 0 saturated heterocycles. The lowest BCUT2D eigenvalue weighted by molar-refractivity contribution is -0.121. The number of nitrogens with one attached hydrogen (secondary N) is 1. The van der Waals surface area contributed by atoms with E-state index in [0.29, 0.717) is 25.3 Å². The Morgan fingerprint density at radius 3 is 2.44 bits per heavy atom. The number of amides is 2. The summed E-state index contributed by atoms with van der Waals surface area (Å²) in [6.07, 6.45) is 0.413. The molecule has 0 radical (unpaired) electrons. The fourth-order valence-electron chi connectivity index (χ4n) is 3.07. The number of benzene rings is 2. The Kier molecular flexibility index (Phi) is 5.86. The molecule has 0 aliphatic carbocycles. The number of carbonyl (C=O) groups is 2. The molecule has 0 aliphatic rings. The summed E-state index contributed by atoms with van der Waals surface area (Å²) >= 11 is 0. The van der Waals surface area contributed by atoms with Gasteiger partial charge in [-0.15, -0.1) is 0 Å². The van der Waals surface area contributed by atoms with Crippen LogP contribution in [-0.2, 0) is 22.7 Å². The zero-order chi connectivity index (χ0) is 19.2. The van der Waals surface area contributed by atoms with Gasteiger partial charge in [0, 0.05) is 18.7 Å². The van der Waals surface area contributed by atoms with Crippen LogP contribution in [0, 0.1) is 0 Å². The van der Waals surface area contributed by atoms with Crippen molar-refractivity contribution in [2.24, 2.45) is 0 Å². The molecule has 0 fully saturated rings. The van der Waals surface area contributed by atoms with Crippen LogP contribution in [0.4, 0.5) is 5.69 Å². The zero-order valence-corrected chi connectivity index (χ0v) is 15.7. The van der Waals surface area contributed by atoms with Crippen LogP contribution in [0.2, 0.25) is 0 Å². The highest BCUT2D eigenvalue weighted by Gasteiger charge is 2.18. The first-order chi connectivity index (χ1) is 13.1. The first-order valence-electron chi connectivity index (χ1n) is 9.20. The Labute approximate surface area is 158 Å². The molecule has 0 atom stereocenters. The van der Waals surface area contributed by atoms with Crippen molar-refractivity contribution < 1.29 is 9.59 Å². The first kappa shape index (κ1) is 18.6. The second-order valence-electron chi connectivity index (χ2n) is 6.21. The molecular weight excluding hydrogens is 340 g/mol. The predicted molar refractivity (Wildman–Crippen MR) is 106 cm³/mol. The molecular formula is C21H24N4O2. The van der Waals surface area contributed by atoms with E-state index in [1.54, 1.807) is 11.8 Å². The number of para-hydroxylation sites is 3. The number of nitrogens with zero attached hydrogens (tertiary/aromatic N) is 3. The second-order valence-corrected chi connectivity index (χ2v) is 6.21. The first-order valence-corrected chi connectivity index (χ1v) is 9.20. The molecule has 140 valence electrons. The number of rotatable bonds is 7. The summed E-state index contributed by atoms with van der Waals surface area (Å²) in [5, 5.41) is 2.85. The third-order valence-electron chi connectivity index (χ3n) is 4.48. The largest absolute Gasteiger partial charge is 0.349 e. The molecule has 6 heteroatoms. The third-order valence-corrected chi connectivity index (χ3v) is 4.48. The number of hydrogen-bond donors (Lipinski definition) is 1. The van der Waals surface area contributed by atoms with Crippen LogP contribution in [0.15, 0.2) is 54.6 Å².